The Bertz CT molecular complexity index is 834. The molecule has 0 spiro atoms. The zero-order valence-corrected chi connectivity index (χ0v) is 14.2. The van der Waals surface area contributed by atoms with Crippen LogP contribution in [0.4, 0.5) is 0 Å². The maximum absolute atomic E-state index is 12.1. The molecule has 2 aromatic carbocycles. The molecular weight excluding hydrogens is 342 g/mol. The number of benzene rings is 2. The van der Waals surface area contributed by atoms with Crippen LogP contribution in [0.1, 0.15) is 12.8 Å². The predicted molar refractivity (Wildman–Crippen MR) is 93.1 cm³/mol. The zero-order valence-electron chi connectivity index (χ0n) is 13.5. The van der Waals surface area contributed by atoms with Gasteiger partial charge in [0.05, 0.1) is 6.54 Å². The number of aromatic nitrogens is 2. The molecule has 0 fully saturated rings. The number of carbonyl (C=O) groups is 1. The number of nitrogens with one attached hydrogen (secondary N) is 1. The normalized spacial score (nSPS) is 11.8. The number of hydrogen-bond acceptors (Lipinski definition) is 5. The molecule has 1 atom stereocenters. The highest BCUT2D eigenvalue weighted by Crippen LogP contribution is 2.18. The fourth-order valence-electron chi connectivity index (χ4n) is 2.11. The number of rotatable bonds is 6. The molecule has 0 bridgehead atoms. The molecule has 0 aliphatic carbocycles. The van der Waals surface area contributed by atoms with E-state index >= 15 is 0 Å². The first kappa shape index (κ1) is 17.0. The van der Waals surface area contributed by atoms with Crippen molar-refractivity contribution < 1.29 is 14.1 Å². The summed E-state index contributed by atoms with van der Waals surface area (Å²) in [5.74, 6) is 1.11. The third-order valence-corrected chi connectivity index (χ3v) is 3.66. The van der Waals surface area contributed by atoms with Crippen LogP contribution in [0.2, 0.25) is 5.02 Å². The van der Waals surface area contributed by atoms with Crippen LogP contribution < -0.4 is 10.1 Å². The van der Waals surface area contributed by atoms with E-state index in [4.69, 9.17) is 20.9 Å². The molecule has 6 nitrogen and oxygen atoms in total. The van der Waals surface area contributed by atoms with Crippen molar-refractivity contribution in [1.82, 2.24) is 15.5 Å². The van der Waals surface area contributed by atoms with Crippen LogP contribution in [-0.4, -0.2) is 22.2 Å². The lowest BCUT2D eigenvalue weighted by molar-refractivity contribution is -0.127. The van der Waals surface area contributed by atoms with Gasteiger partial charge in [0.1, 0.15) is 5.75 Å². The van der Waals surface area contributed by atoms with Crippen molar-refractivity contribution >= 4 is 17.5 Å². The van der Waals surface area contributed by atoms with E-state index in [0.29, 0.717) is 22.5 Å². The van der Waals surface area contributed by atoms with Gasteiger partial charge in [0.15, 0.2) is 6.10 Å². The molecule has 3 rings (SSSR count). The largest absolute Gasteiger partial charge is 0.481 e. The minimum absolute atomic E-state index is 0.127. The smallest absolute Gasteiger partial charge is 0.261 e. The van der Waals surface area contributed by atoms with Gasteiger partial charge >= 0.3 is 0 Å². The Balaban J connectivity index is 1.54. The SMILES string of the molecule is C[C@H](Oc1ccccc1)C(=O)NCc1nc(-c2ccc(Cl)cc2)no1. The summed E-state index contributed by atoms with van der Waals surface area (Å²) in [5.41, 5.74) is 0.784. The van der Waals surface area contributed by atoms with Gasteiger partial charge in [0.25, 0.3) is 5.91 Å². The predicted octanol–water partition coefficient (Wildman–Crippen LogP) is 3.47. The summed E-state index contributed by atoms with van der Waals surface area (Å²) < 4.78 is 10.7. The van der Waals surface area contributed by atoms with Gasteiger partial charge in [-0.3, -0.25) is 4.79 Å². The molecule has 7 heteroatoms. The molecule has 1 aromatic heterocycles. The van der Waals surface area contributed by atoms with Crippen LogP contribution >= 0.6 is 11.6 Å². The van der Waals surface area contributed by atoms with Gasteiger partial charge in [-0.05, 0) is 43.3 Å². The lowest BCUT2D eigenvalue weighted by atomic mass is 10.2. The van der Waals surface area contributed by atoms with Gasteiger partial charge in [-0.1, -0.05) is 35.0 Å². The van der Waals surface area contributed by atoms with E-state index in [-0.39, 0.29) is 12.5 Å². The van der Waals surface area contributed by atoms with E-state index in [0.717, 1.165) is 5.56 Å². The summed E-state index contributed by atoms with van der Waals surface area (Å²) in [4.78, 5) is 16.3. The summed E-state index contributed by atoms with van der Waals surface area (Å²) >= 11 is 5.85. The second-order valence-corrected chi connectivity index (χ2v) is 5.75. The van der Waals surface area contributed by atoms with Crippen molar-refractivity contribution in [2.75, 3.05) is 0 Å². The van der Waals surface area contributed by atoms with Crippen LogP contribution in [0.3, 0.4) is 0 Å². The van der Waals surface area contributed by atoms with E-state index in [9.17, 15) is 4.79 Å². The molecule has 1 N–H and O–H groups in total. The van der Waals surface area contributed by atoms with E-state index < -0.39 is 6.10 Å². The molecule has 1 amide bonds. The fourth-order valence-corrected chi connectivity index (χ4v) is 2.23. The Morgan fingerprint density at radius 1 is 1.20 bits per heavy atom. The zero-order chi connectivity index (χ0) is 17.6. The minimum Gasteiger partial charge on any atom is -0.481 e. The molecule has 0 radical (unpaired) electrons. The number of ether oxygens (including phenoxy) is 1. The highest BCUT2D eigenvalue weighted by molar-refractivity contribution is 6.30. The standard InChI is InChI=1S/C18H16ClN3O3/c1-12(24-15-5-3-2-4-6-15)18(23)20-11-16-21-17(22-25-16)13-7-9-14(19)10-8-13/h2-10,12H,11H2,1H3,(H,20,23)/t12-/m0/s1. The molecule has 1 heterocycles. The van der Waals surface area contributed by atoms with Crippen LogP contribution in [0, 0.1) is 0 Å². The van der Waals surface area contributed by atoms with E-state index in [1.165, 1.54) is 0 Å². The number of para-hydroxylation sites is 1. The van der Waals surface area contributed by atoms with Gasteiger partial charge in [0, 0.05) is 10.6 Å². The monoisotopic (exact) mass is 357 g/mol. The lowest BCUT2D eigenvalue weighted by Crippen LogP contribution is -2.35. The number of amides is 1. The second kappa shape index (κ2) is 7.81. The van der Waals surface area contributed by atoms with Crippen molar-refractivity contribution in [2.45, 2.75) is 19.6 Å². The molecule has 3 aromatic rings. The van der Waals surface area contributed by atoms with Gasteiger partial charge in [-0.15, -0.1) is 0 Å². The maximum Gasteiger partial charge on any atom is 0.261 e. The first-order valence-electron chi connectivity index (χ1n) is 7.70. The van der Waals surface area contributed by atoms with Crippen molar-refractivity contribution in [3.8, 4) is 17.1 Å². The summed E-state index contributed by atoms with van der Waals surface area (Å²) in [6, 6.07) is 16.2. The van der Waals surface area contributed by atoms with E-state index in [2.05, 4.69) is 15.5 Å². The summed E-state index contributed by atoms with van der Waals surface area (Å²) in [6.45, 7) is 1.80. The molecular formula is C18H16ClN3O3. The first-order valence-corrected chi connectivity index (χ1v) is 8.07. The van der Waals surface area contributed by atoms with Gasteiger partial charge < -0.3 is 14.6 Å². The Labute approximate surface area is 149 Å². The van der Waals surface area contributed by atoms with Crippen molar-refractivity contribution in [2.24, 2.45) is 0 Å². The Morgan fingerprint density at radius 3 is 2.64 bits per heavy atom. The topological polar surface area (TPSA) is 77.2 Å². The second-order valence-electron chi connectivity index (χ2n) is 5.31. The third kappa shape index (κ3) is 4.58. The lowest BCUT2D eigenvalue weighted by Gasteiger charge is -2.13. The van der Waals surface area contributed by atoms with Crippen LogP contribution in [0.15, 0.2) is 59.1 Å². The van der Waals surface area contributed by atoms with Crippen LogP contribution in [0.5, 0.6) is 5.75 Å². The molecule has 0 unspecified atom stereocenters. The van der Waals surface area contributed by atoms with Crippen LogP contribution in [-0.2, 0) is 11.3 Å². The number of hydrogen-bond donors (Lipinski definition) is 1. The van der Waals surface area contributed by atoms with Crippen molar-refractivity contribution in [3.05, 3.63) is 65.5 Å². The van der Waals surface area contributed by atoms with E-state index in [1.54, 1.807) is 43.3 Å². The minimum atomic E-state index is -0.638. The maximum atomic E-state index is 12.1. The van der Waals surface area contributed by atoms with Crippen LogP contribution in [0.25, 0.3) is 11.4 Å². The quantitative estimate of drug-likeness (QED) is 0.730. The Morgan fingerprint density at radius 2 is 1.92 bits per heavy atom. The molecule has 128 valence electrons. The molecule has 25 heavy (non-hydrogen) atoms. The van der Waals surface area contributed by atoms with Crippen molar-refractivity contribution in [3.63, 3.8) is 0 Å². The van der Waals surface area contributed by atoms with E-state index in [1.807, 2.05) is 18.2 Å². The average molecular weight is 358 g/mol. The Kier molecular flexibility index (Phi) is 5.30. The summed E-state index contributed by atoms with van der Waals surface area (Å²) in [6.07, 6.45) is -0.638. The average Bonchev–Trinajstić information content (AvgIpc) is 3.10. The van der Waals surface area contributed by atoms with Crippen molar-refractivity contribution in [1.29, 1.82) is 0 Å². The highest BCUT2D eigenvalue weighted by atomic mass is 35.5. The molecule has 0 saturated heterocycles. The summed E-state index contributed by atoms with van der Waals surface area (Å²) in [5, 5.41) is 7.24. The van der Waals surface area contributed by atoms with Gasteiger partial charge in [-0.25, -0.2) is 0 Å². The van der Waals surface area contributed by atoms with Gasteiger partial charge in [-0.2, -0.15) is 4.98 Å². The highest BCUT2D eigenvalue weighted by Gasteiger charge is 2.16. The number of halogens is 1. The number of carbonyl (C=O) groups excluding carboxylic acids is 1. The molecule has 0 aliphatic rings. The Hall–Kier alpha value is -2.86. The summed E-state index contributed by atoms with van der Waals surface area (Å²) in [7, 11) is 0. The molecule has 0 aliphatic heterocycles. The first-order chi connectivity index (χ1) is 12.1. The third-order valence-electron chi connectivity index (χ3n) is 3.41. The molecule has 0 saturated carbocycles. The van der Waals surface area contributed by atoms with Gasteiger partial charge in [0.2, 0.25) is 11.7 Å². The fraction of sp³-hybridized carbons (Fsp3) is 0.167. The number of nitrogens with zero attached hydrogens (tertiary/aromatic N) is 2.